The lowest BCUT2D eigenvalue weighted by atomic mass is 10.1. The topological polar surface area (TPSA) is 80.9 Å². The van der Waals surface area contributed by atoms with Crippen LogP contribution in [-0.4, -0.2) is 52.9 Å². The van der Waals surface area contributed by atoms with E-state index in [1.54, 1.807) is 12.1 Å². The van der Waals surface area contributed by atoms with Gasteiger partial charge in [-0.25, -0.2) is 0 Å². The molecule has 3 aromatic carbocycles. The van der Waals surface area contributed by atoms with E-state index in [1.165, 1.54) is 46.3 Å². The maximum Gasteiger partial charge on any atom is 0.251 e. The average molecular weight is 532 g/mol. The molecular weight excluding hydrogens is 490 g/mol. The normalized spacial score (nSPS) is 15.0. The summed E-state index contributed by atoms with van der Waals surface area (Å²) in [6, 6.07) is 24.5. The van der Waals surface area contributed by atoms with E-state index in [4.69, 9.17) is 14.2 Å². The molecule has 0 spiro atoms. The molecule has 0 bridgehead atoms. The zero-order chi connectivity index (χ0) is 27.9. The summed E-state index contributed by atoms with van der Waals surface area (Å²) >= 11 is 0. The summed E-state index contributed by atoms with van der Waals surface area (Å²) in [7, 11) is 4.56. The van der Waals surface area contributed by atoms with Gasteiger partial charge >= 0.3 is 0 Å². The molecular formula is C32H41N3O4. The van der Waals surface area contributed by atoms with Crippen LogP contribution in [0.5, 0.6) is 17.2 Å². The Morgan fingerprint density at radius 2 is 1.59 bits per heavy atom. The summed E-state index contributed by atoms with van der Waals surface area (Å²) in [4.78, 5) is 12.4. The maximum absolute atomic E-state index is 12.4. The van der Waals surface area contributed by atoms with Crippen LogP contribution in [0.25, 0.3) is 6.08 Å². The van der Waals surface area contributed by atoms with E-state index < -0.39 is 0 Å². The highest BCUT2D eigenvalue weighted by atomic mass is 16.5. The lowest BCUT2D eigenvalue weighted by molar-refractivity contribution is 0.0956. The molecule has 4 rings (SSSR count). The number of hydrogen-bond acceptors (Lipinski definition) is 6. The minimum Gasteiger partial charge on any atom is -0.493 e. The van der Waals surface area contributed by atoms with Gasteiger partial charge in [0.15, 0.2) is 11.5 Å². The highest BCUT2D eigenvalue weighted by molar-refractivity contribution is 5.95. The predicted octanol–water partition coefficient (Wildman–Crippen LogP) is 5.07. The monoisotopic (exact) mass is 531 g/mol. The van der Waals surface area contributed by atoms with E-state index in [-0.39, 0.29) is 5.91 Å². The standard InChI is InChI=1S/C20H23NO4.C12H18N2/c1-14(10-15-8-6-5-7-9-15)13-21-20(22)16-11-17(23-2)19(25-4)18(12-16)24-3;1-2-5-11(6-3-1)9-14-12-7-4-8-13-10-12/h5-12H,13H2,1-4H3,(H,21,22);1-3,5-6,12-14H,4,7-10H2/b14-10+;. The Hall–Kier alpha value is -3.81. The zero-order valence-corrected chi connectivity index (χ0v) is 23.5. The molecule has 7 heteroatoms. The Labute approximate surface area is 232 Å². The Balaban J connectivity index is 0.000000252. The first-order valence-electron chi connectivity index (χ1n) is 13.3. The van der Waals surface area contributed by atoms with E-state index in [2.05, 4.69) is 46.3 Å². The summed E-state index contributed by atoms with van der Waals surface area (Å²) in [6.45, 7) is 5.72. The smallest absolute Gasteiger partial charge is 0.251 e. The molecule has 3 aromatic rings. The van der Waals surface area contributed by atoms with Crippen LogP contribution >= 0.6 is 0 Å². The van der Waals surface area contributed by atoms with Crippen molar-refractivity contribution in [2.45, 2.75) is 32.4 Å². The minimum absolute atomic E-state index is 0.208. The molecule has 1 unspecified atom stereocenters. The number of nitrogens with one attached hydrogen (secondary N) is 3. The van der Waals surface area contributed by atoms with E-state index in [1.807, 2.05) is 43.3 Å². The van der Waals surface area contributed by atoms with E-state index in [0.29, 0.717) is 35.4 Å². The van der Waals surface area contributed by atoms with Crippen molar-refractivity contribution in [2.24, 2.45) is 0 Å². The van der Waals surface area contributed by atoms with Crippen LogP contribution in [0.2, 0.25) is 0 Å². The Kier molecular flexibility index (Phi) is 12.4. The molecule has 1 atom stereocenters. The van der Waals surface area contributed by atoms with E-state index in [9.17, 15) is 4.79 Å². The molecule has 1 aliphatic rings. The van der Waals surface area contributed by atoms with Crippen molar-refractivity contribution < 1.29 is 19.0 Å². The molecule has 39 heavy (non-hydrogen) atoms. The van der Waals surface area contributed by atoms with Crippen molar-refractivity contribution in [3.63, 3.8) is 0 Å². The molecule has 1 aliphatic heterocycles. The molecule has 0 aromatic heterocycles. The van der Waals surface area contributed by atoms with Gasteiger partial charge in [0.05, 0.1) is 21.3 Å². The van der Waals surface area contributed by atoms with Gasteiger partial charge < -0.3 is 30.2 Å². The van der Waals surface area contributed by atoms with Crippen molar-refractivity contribution >= 4 is 12.0 Å². The van der Waals surface area contributed by atoms with Gasteiger partial charge in [0.25, 0.3) is 5.91 Å². The third kappa shape index (κ3) is 9.78. The minimum atomic E-state index is -0.208. The summed E-state index contributed by atoms with van der Waals surface area (Å²) in [5.74, 6) is 1.15. The van der Waals surface area contributed by atoms with Gasteiger partial charge in [-0.2, -0.15) is 0 Å². The lowest BCUT2D eigenvalue weighted by Crippen LogP contribution is -2.42. The lowest BCUT2D eigenvalue weighted by Gasteiger charge is -2.23. The fourth-order valence-corrected chi connectivity index (χ4v) is 4.30. The first kappa shape index (κ1) is 29.7. The Bertz CT molecular complexity index is 1150. The molecule has 0 saturated carbocycles. The third-order valence-electron chi connectivity index (χ3n) is 6.40. The molecule has 1 amide bonds. The van der Waals surface area contributed by atoms with Gasteiger partial charge in [0.1, 0.15) is 0 Å². The average Bonchev–Trinajstić information content (AvgIpc) is 3.00. The highest BCUT2D eigenvalue weighted by Gasteiger charge is 2.17. The van der Waals surface area contributed by atoms with Gasteiger partial charge in [-0.05, 0) is 49.6 Å². The van der Waals surface area contributed by atoms with E-state index in [0.717, 1.165) is 24.2 Å². The predicted molar refractivity (Wildman–Crippen MR) is 158 cm³/mol. The van der Waals surface area contributed by atoms with Gasteiger partial charge in [-0.3, -0.25) is 4.79 Å². The second kappa shape index (κ2) is 16.2. The summed E-state index contributed by atoms with van der Waals surface area (Å²) in [5, 5.41) is 9.88. The zero-order valence-electron chi connectivity index (χ0n) is 23.5. The van der Waals surface area contributed by atoms with Crippen molar-refractivity contribution in [1.82, 2.24) is 16.0 Å². The Morgan fingerprint density at radius 1 is 0.949 bits per heavy atom. The largest absolute Gasteiger partial charge is 0.493 e. The molecule has 3 N–H and O–H groups in total. The number of hydrogen-bond donors (Lipinski definition) is 3. The third-order valence-corrected chi connectivity index (χ3v) is 6.40. The molecule has 208 valence electrons. The van der Waals surface area contributed by atoms with Crippen LogP contribution in [0.3, 0.4) is 0 Å². The first-order valence-corrected chi connectivity index (χ1v) is 13.3. The number of rotatable bonds is 10. The molecule has 7 nitrogen and oxygen atoms in total. The van der Waals surface area contributed by atoms with E-state index >= 15 is 0 Å². The second-order valence-corrected chi connectivity index (χ2v) is 9.41. The van der Waals surface area contributed by atoms with Crippen LogP contribution in [-0.2, 0) is 6.54 Å². The Morgan fingerprint density at radius 3 is 2.15 bits per heavy atom. The maximum atomic E-state index is 12.4. The van der Waals surface area contributed by atoms with Gasteiger partial charge in [-0.1, -0.05) is 72.3 Å². The number of benzene rings is 3. The number of piperidine rings is 1. The summed E-state index contributed by atoms with van der Waals surface area (Å²) < 4.78 is 15.8. The number of carbonyl (C=O) groups is 1. The van der Waals surface area contributed by atoms with Crippen molar-refractivity contribution in [3.8, 4) is 17.2 Å². The number of carbonyl (C=O) groups excluding carboxylic acids is 1. The van der Waals surface area contributed by atoms with Crippen LogP contribution in [0.4, 0.5) is 0 Å². The molecule has 0 radical (unpaired) electrons. The van der Waals surface area contributed by atoms with Crippen LogP contribution in [0.15, 0.2) is 78.4 Å². The van der Waals surface area contributed by atoms with Crippen molar-refractivity contribution in [2.75, 3.05) is 41.0 Å². The van der Waals surface area contributed by atoms with Crippen molar-refractivity contribution in [1.29, 1.82) is 0 Å². The highest BCUT2D eigenvalue weighted by Crippen LogP contribution is 2.38. The SMILES string of the molecule is COc1cc(C(=O)NC/C(C)=C/c2ccccc2)cc(OC)c1OC.c1ccc(CNC2CCCNC2)cc1. The number of methoxy groups -OCH3 is 3. The van der Waals surface area contributed by atoms with Crippen molar-refractivity contribution in [3.05, 3.63) is 95.1 Å². The summed E-state index contributed by atoms with van der Waals surface area (Å²) in [6.07, 6.45) is 4.64. The fourth-order valence-electron chi connectivity index (χ4n) is 4.30. The summed E-state index contributed by atoms with van der Waals surface area (Å²) in [5.41, 5.74) is 3.97. The van der Waals surface area contributed by atoms with Crippen LogP contribution in [0.1, 0.15) is 41.3 Å². The molecule has 0 aliphatic carbocycles. The van der Waals surface area contributed by atoms with Crippen LogP contribution in [0, 0.1) is 0 Å². The molecule has 1 saturated heterocycles. The number of amides is 1. The second-order valence-electron chi connectivity index (χ2n) is 9.41. The van der Waals surface area contributed by atoms with Gasteiger partial charge in [-0.15, -0.1) is 0 Å². The molecule has 1 fully saturated rings. The van der Waals surface area contributed by atoms with Gasteiger partial charge in [0, 0.05) is 31.2 Å². The van der Waals surface area contributed by atoms with Crippen LogP contribution < -0.4 is 30.2 Å². The fraction of sp³-hybridized carbons (Fsp3) is 0.344. The molecule has 1 heterocycles. The number of ether oxygens (including phenoxy) is 3. The first-order chi connectivity index (χ1) is 19.0. The quantitative estimate of drug-likeness (QED) is 0.339. The van der Waals surface area contributed by atoms with Gasteiger partial charge in [0.2, 0.25) is 5.75 Å².